The smallest absolute Gasteiger partial charge is 0.314 e. The van der Waals surface area contributed by atoms with E-state index in [0.29, 0.717) is 18.7 Å². The molecular formula is C19H23N5O4S. The molecule has 0 aliphatic carbocycles. The third-order valence-electron chi connectivity index (χ3n) is 4.19. The molecule has 1 aromatic carbocycles. The molecule has 10 heteroatoms. The molecule has 0 aliphatic rings. The number of hydrogen-bond acceptors (Lipinski definition) is 5. The third-order valence-corrected chi connectivity index (χ3v) is 5.48. The number of rotatable bonds is 9. The predicted molar refractivity (Wildman–Crippen MR) is 111 cm³/mol. The molecule has 3 aromatic rings. The monoisotopic (exact) mass is 417 g/mol. The zero-order valence-electron chi connectivity index (χ0n) is 16.0. The average molecular weight is 417 g/mol. The lowest BCUT2D eigenvalue weighted by Crippen LogP contribution is -2.39. The number of carbonyl (C=O) groups excluding carboxylic acids is 1. The fourth-order valence-corrected chi connectivity index (χ4v) is 3.65. The van der Waals surface area contributed by atoms with Gasteiger partial charge in [-0.15, -0.1) is 0 Å². The average Bonchev–Trinajstić information content (AvgIpc) is 3.16. The van der Waals surface area contributed by atoms with Gasteiger partial charge < -0.3 is 15.4 Å². The maximum Gasteiger partial charge on any atom is 0.314 e. The summed E-state index contributed by atoms with van der Waals surface area (Å²) in [7, 11) is -1.98. The number of urea groups is 1. The number of sulfonamides is 1. The normalized spacial score (nSPS) is 11.2. The molecule has 0 radical (unpaired) electrons. The lowest BCUT2D eigenvalue weighted by molar-refractivity contribution is 0.241. The Morgan fingerprint density at radius 1 is 1.10 bits per heavy atom. The quantitative estimate of drug-likeness (QED) is 0.490. The number of carbonyl (C=O) groups is 1. The Morgan fingerprint density at radius 2 is 1.86 bits per heavy atom. The van der Waals surface area contributed by atoms with Crippen molar-refractivity contribution in [2.45, 2.75) is 6.42 Å². The molecule has 9 nitrogen and oxygen atoms in total. The van der Waals surface area contributed by atoms with Gasteiger partial charge in [0.25, 0.3) is 0 Å². The van der Waals surface area contributed by atoms with Crippen molar-refractivity contribution < 1.29 is 17.9 Å². The van der Waals surface area contributed by atoms with E-state index in [1.165, 1.54) is 0 Å². The molecule has 3 N–H and O–H groups in total. The standard InChI is InChI=1S/C19H23N5O4S/c1-28-18-4-2-15(3-5-18)6-9-20-19(25)21-11-13-29(26,27)23-16-8-12-24-17(14-16)7-10-22-24/h2-5,7-8,10,12,14,23H,6,9,11,13H2,1H3,(H2,20,21,25). The van der Waals surface area contributed by atoms with Crippen LogP contribution < -0.4 is 20.1 Å². The second kappa shape index (κ2) is 9.28. The van der Waals surface area contributed by atoms with E-state index in [0.717, 1.165) is 16.8 Å². The van der Waals surface area contributed by atoms with Crippen LogP contribution in [0.25, 0.3) is 5.52 Å². The SMILES string of the molecule is COc1ccc(CCNC(=O)NCCS(=O)(=O)Nc2ccn3nccc3c2)cc1. The Hall–Kier alpha value is -3.27. The van der Waals surface area contributed by atoms with Gasteiger partial charge in [-0.25, -0.2) is 17.7 Å². The number of hydrogen-bond donors (Lipinski definition) is 3. The first-order valence-corrected chi connectivity index (χ1v) is 10.7. The van der Waals surface area contributed by atoms with Gasteiger partial charge in [0.05, 0.1) is 24.1 Å². The van der Waals surface area contributed by atoms with E-state index in [1.54, 1.807) is 42.2 Å². The van der Waals surface area contributed by atoms with Crippen LogP contribution >= 0.6 is 0 Å². The van der Waals surface area contributed by atoms with Crippen LogP contribution in [0.5, 0.6) is 5.75 Å². The highest BCUT2D eigenvalue weighted by atomic mass is 32.2. The van der Waals surface area contributed by atoms with E-state index < -0.39 is 16.1 Å². The molecular weight excluding hydrogens is 394 g/mol. The van der Waals surface area contributed by atoms with Crippen LogP contribution in [0.15, 0.2) is 54.9 Å². The van der Waals surface area contributed by atoms with Crippen LogP contribution in [-0.4, -0.2) is 50.0 Å². The second-order valence-electron chi connectivity index (χ2n) is 6.32. The number of nitrogens with one attached hydrogen (secondary N) is 3. The number of ether oxygens (including phenoxy) is 1. The summed E-state index contributed by atoms with van der Waals surface area (Å²) >= 11 is 0. The minimum atomic E-state index is -3.59. The number of nitrogens with zero attached hydrogens (tertiary/aromatic N) is 2. The van der Waals surface area contributed by atoms with E-state index in [2.05, 4.69) is 20.5 Å². The number of anilines is 1. The van der Waals surface area contributed by atoms with E-state index in [1.807, 2.05) is 24.3 Å². The number of pyridine rings is 1. The summed E-state index contributed by atoms with van der Waals surface area (Å²) < 4.78 is 33.6. The molecule has 0 bridgehead atoms. The molecule has 2 aromatic heterocycles. The summed E-state index contributed by atoms with van der Waals surface area (Å²) in [5.74, 6) is 0.544. The first-order chi connectivity index (χ1) is 13.9. The number of fused-ring (bicyclic) bond motifs is 1. The van der Waals surface area contributed by atoms with E-state index >= 15 is 0 Å². The van der Waals surface area contributed by atoms with Crippen LogP contribution in [0.4, 0.5) is 10.5 Å². The van der Waals surface area contributed by atoms with Crippen LogP contribution in [-0.2, 0) is 16.4 Å². The van der Waals surface area contributed by atoms with Crippen molar-refractivity contribution >= 4 is 27.3 Å². The van der Waals surface area contributed by atoms with Gasteiger partial charge in [0.15, 0.2) is 0 Å². The van der Waals surface area contributed by atoms with Gasteiger partial charge in [-0.3, -0.25) is 4.72 Å². The first kappa shape index (κ1) is 20.5. The van der Waals surface area contributed by atoms with Gasteiger partial charge in [-0.05, 0) is 42.3 Å². The van der Waals surface area contributed by atoms with Crippen molar-refractivity contribution in [2.24, 2.45) is 0 Å². The Kier molecular flexibility index (Phi) is 6.55. The fraction of sp³-hybridized carbons (Fsp3) is 0.263. The molecule has 0 unspecified atom stereocenters. The molecule has 0 saturated heterocycles. The van der Waals surface area contributed by atoms with E-state index in [9.17, 15) is 13.2 Å². The van der Waals surface area contributed by atoms with Crippen molar-refractivity contribution in [3.63, 3.8) is 0 Å². The lowest BCUT2D eigenvalue weighted by Gasteiger charge is -2.10. The van der Waals surface area contributed by atoms with Crippen molar-refractivity contribution in [1.29, 1.82) is 0 Å². The van der Waals surface area contributed by atoms with E-state index in [4.69, 9.17) is 4.74 Å². The third kappa shape index (κ3) is 6.11. The molecule has 0 fully saturated rings. The highest BCUT2D eigenvalue weighted by molar-refractivity contribution is 7.92. The number of benzene rings is 1. The summed E-state index contributed by atoms with van der Waals surface area (Å²) in [6.07, 6.45) is 3.96. The summed E-state index contributed by atoms with van der Waals surface area (Å²) in [5.41, 5.74) is 2.29. The molecule has 0 atom stereocenters. The molecule has 0 saturated carbocycles. The van der Waals surface area contributed by atoms with Crippen molar-refractivity contribution in [2.75, 3.05) is 30.7 Å². The molecule has 154 valence electrons. The molecule has 3 rings (SSSR count). The lowest BCUT2D eigenvalue weighted by atomic mass is 10.1. The summed E-state index contributed by atoms with van der Waals surface area (Å²) in [4.78, 5) is 11.8. The van der Waals surface area contributed by atoms with Gasteiger partial charge in [-0.2, -0.15) is 5.10 Å². The zero-order chi connectivity index (χ0) is 20.7. The summed E-state index contributed by atoms with van der Waals surface area (Å²) in [6, 6.07) is 12.2. The second-order valence-corrected chi connectivity index (χ2v) is 8.16. The van der Waals surface area contributed by atoms with Crippen LogP contribution in [0.2, 0.25) is 0 Å². The van der Waals surface area contributed by atoms with Gasteiger partial charge in [0.2, 0.25) is 10.0 Å². The maximum atomic E-state index is 12.2. The first-order valence-electron chi connectivity index (χ1n) is 9.04. The number of amides is 2. The Balaban J connectivity index is 1.38. The summed E-state index contributed by atoms with van der Waals surface area (Å²) in [5, 5.41) is 9.31. The van der Waals surface area contributed by atoms with Crippen molar-refractivity contribution in [3.05, 3.63) is 60.4 Å². The van der Waals surface area contributed by atoms with Gasteiger partial charge >= 0.3 is 6.03 Å². The molecule has 0 aliphatic heterocycles. The highest BCUT2D eigenvalue weighted by Gasteiger charge is 2.11. The molecule has 29 heavy (non-hydrogen) atoms. The highest BCUT2D eigenvalue weighted by Crippen LogP contribution is 2.13. The topological polar surface area (TPSA) is 114 Å². The van der Waals surface area contributed by atoms with Crippen molar-refractivity contribution in [1.82, 2.24) is 20.2 Å². The minimum absolute atomic E-state index is 0.00136. The number of methoxy groups -OCH3 is 1. The maximum absolute atomic E-state index is 12.2. The summed E-state index contributed by atoms with van der Waals surface area (Å²) in [6.45, 7) is 0.438. The molecule has 2 amide bonds. The largest absolute Gasteiger partial charge is 0.497 e. The van der Waals surface area contributed by atoms with Crippen LogP contribution in [0.1, 0.15) is 5.56 Å². The minimum Gasteiger partial charge on any atom is -0.497 e. The Morgan fingerprint density at radius 3 is 2.62 bits per heavy atom. The predicted octanol–water partition coefficient (Wildman–Crippen LogP) is 1.63. The van der Waals surface area contributed by atoms with Gasteiger partial charge in [0, 0.05) is 25.5 Å². The van der Waals surface area contributed by atoms with E-state index in [-0.39, 0.29) is 12.3 Å². The van der Waals surface area contributed by atoms with Crippen LogP contribution in [0, 0.1) is 0 Å². The Labute approximate surface area is 169 Å². The van der Waals surface area contributed by atoms with Crippen molar-refractivity contribution in [3.8, 4) is 5.75 Å². The zero-order valence-corrected chi connectivity index (χ0v) is 16.8. The Bertz CT molecular complexity index is 1060. The van der Waals surface area contributed by atoms with Crippen LogP contribution in [0.3, 0.4) is 0 Å². The fourth-order valence-electron chi connectivity index (χ4n) is 2.69. The van der Waals surface area contributed by atoms with Gasteiger partial charge in [0.1, 0.15) is 5.75 Å². The van der Waals surface area contributed by atoms with Gasteiger partial charge in [-0.1, -0.05) is 12.1 Å². The molecule has 0 spiro atoms. The number of aromatic nitrogens is 2. The molecule has 2 heterocycles.